The molecule has 0 spiro atoms. The topological polar surface area (TPSA) is 47.6 Å². The summed E-state index contributed by atoms with van der Waals surface area (Å²) < 4.78 is 10.4. The lowest BCUT2D eigenvalue weighted by Gasteiger charge is -2.38. The minimum Gasteiger partial charge on any atom is -0.381 e. The molecule has 1 N–H and O–H groups in total. The SMILES string of the molecule is CC1(CNC(=O)C2CCCOC2)COC1. The first-order valence-electron chi connectivity index (χ1n) is 5.63. The Hall–Kier alpha value is -0.610. The fourth-order valence-electron chi connectivity index (χ4n) is 1.94. The Bertz CT molecular complexity index is 232. The van der Waals surface area contributed by atoms with E-state index in [2.05, 4.69) is 12.2 Å². The molecule has 1 unspecified atom stereocenters. The zero-order valence-electron chi connectivity index (χ0n) is 9.25. The fraction of sp³-hybridized carbons (Fsp3) is 0.909. The second-order valence-corrected chi connectivity index (χ2v) is 4.94. The molecular weight excluding hydrogens is 194 g/mol. The maximum atomic E-state index is 11.8. The van der Waals surface area contributed by atoms with Crippen LogP contribution in [-0.4, -0.2) is 38.9 Å². The number of amides is 1. The van der Waals surface area contributed by atoms with E-state index in [-0.39, 0.29) is 17.2 Å². The molecule has 0 aromatic rings. The van der Waals surface area contributed by atoms with Gasteiger partial charge < -0.3 is 14.8 Å². The van der Waals surface area contributed by atoms with Crippen molar-refractivity contribution < 1.29 is 14.3 Å². The van der Waals surface area contributed by atoms with Crippen LogP contribution in [0, 0.1) is 11.3 Å². The molecule has 0 aromatic carbocycles. The summed E-state index contributed by atoms with van der Waals surface area (Å²) in [5.41, 5.74) is 0.158. The zero-order valence-corrected chi connectivity index (χ0v) is 9.25. The maximum absolute atomic E-state index is 11.8. The van der Waals surface area contributed by atoms with Gasteiger partial charge in [0.1, 0.15) is 0 Å². The van der Waals surface area contributed by atoms with Gasteiger partial charge in [-0.25, -0.2) is 0 Å². The Kier molecular flexibility index (Phi) is 3.26. The van der Waals surface area contributed by atoms with Crippen molar-refractivity contribution in [3.63, 3.8) is 0 Å². The Morgan fingerprint density at radius 1 is 1.47 bits per heavy atom. The molecule has 0 radical (unpaired) electrons. The van der Waals surface area contributed by atoms with Crippen LogP contribution in [-0.2, 0) is 14.3 Å². The Balaban J connectivity index is 1.71. The number of hydrogen-bond donors (Lipinski definition) is 1. The first-order chi connectivity index (χ1) is 7.20. The van der Waals surface area contributed by atoms with E-state index in [9.17, 15) is 4.79 Å². The van der Waals surface area contributed by atoms with Gasteiger partial charge in [-0.05, 0) is 12.8 Å². The van der Waals surface area contributed by atoms with E-state index >= 15 is 0 Å². The van der Waals surface area contributed by atoms with Crippen LogP contribution in [0.15, 0.2) is 0 Å². The standard InChI is InChI=1S/C11H19NO3/c1-11(7-15-8-11)6-12-10(13)9-3-2-4-14-5-9/h9H,2-8H2,1H3,(H,12,13). The lowest BCUT2D eigenvalue weighted by molar-refractivity contribution is -0.133. The van der Waals surface area contributed by atoms with E-state index in [1.54, 1.807) is 0 Å². The Labute approximate surface area is 90.3 Å². The number of carbonyl (C=O) groups excluding carboxylic acids is 1. The second-order valence-electron chi connectivity index (χ2n) is 4.94. The van der Waals surface area contributed by atoms with Gasteiger partial charge in [-0.15, -0.1) is 0 Å². The van der Waals surface area contributed by atoms with Crippen LogP contribution in [0.3, 0.4) is 0 Å². The molecule has 1 atom stereocenters. The van der Waals surface area contributed by atoms with Crippen LogP contribution < -0.4 is 5.32 Å². The van der Waals surface area contributed by atoms with Gasteiger partial charge >= 0.3 is 0 Å². The number of hydrogen-bond acceptors (Lipinski definition) is 3. The first kappa shape index (κ1) is 10.9. The summed E-state index contributed by atoms with van der Waals surface area (Å²) in [4.78, 5) is 11.8. The third-order valence-electron chi connectivity index (χ3n) is 3.12. The highest BCUT2D eigenvalue weighted by Crippen LogP contribution is 2.25. The van der Waals surface area contributed by atoms with Crippen LogP contribution in [0.1, 0.15) is 19.8 Å². The summed E-state index contributed by atoms with van der Waals surface area (Å²) >= 11 is 0. The zero-order chi connectivity index (χ0) is 10.7. The molecular formula is C11H19NO3. The van der Waals surface area contributed by atoms with Crippen molar-refractivity contribution in [2.24, 2.45) is 11.3 Å². The normalized spacial score (nSPS) is 29.3. The molecule has 0 aromatic heterocycles. The molecule has 86 valence electrons. The molecule has 15 heavy (non-hydrogen) atoms. The molecule has 2 aliphatic heterocycles. The summed E-state index contributed by atoms with van der Waals surface area (Å²) in [6, 6.07) is 0. The van der Waals surface area contributed by atoms with Gasteiger partial charge in [-0.1, -0.05) is 6.92 Å². The highest BCUT2D eigenvalue weighted by molar-refractivity contribution is 5.78. The predicted molar refractivity (Wildman–Crippen MR) is 55.5 cm³/mol. The van der Waals surface area contributed by atoms with Crippen molar-refractivity contribution >= 4 is 5.91 Å². The Morgan fingerprint density at radius 3 is 2.80 bits per heavy atom. The number of rotatable bonds is 3. The highest BCUT2D eigenvalue weighted by atomic mass is 16.5. The fourth-order valence-corrected chi connectivity index (χ4v) is 1.94. The predicted octanol–water partition coefficient (Wildman–Crippen LogP) is 0.566. The number of ether oxygens (including phenoxy) is 2. The van der Waals surface area contributed by atoms with E-state index in [4.69, 9.17) is 9.47 Å². The molecule has 4 nitrogen and oxygen atoms in total. The number of nitrogens with one attached hydrogen (secondary N) is 1. The van der Waals surface area contributed by atoms with E-state index in [0.717, 1.165) is 39.2 Å². The van der Waals surface area contributed by atoms with Crippen molar-refractivity contribution in [3.8, 4) is 0 Å². The molecule has 0 bridgehead atoms. The van der Waals surface area contributed by atoms with Crippen LogP contribution in [0.2, 0.25) is 0 Å². The van der Waals surface area contributed by atoms with Gasteiger partial charge in [0.15, 0.2) is 0 Å². The average molecular weight is 213 g/mol. The second kappa shape index (κ2) is 4.49. The summed E-state index contributed by atoms with van der Waals surface area (Å²) in [7, 11) is 0. The summed E-state index contributed by atoms with van der Waals surface area (Å²) in [5.74, 6) is 0.200. The van der Waals surface area contributed by atoms with Gasteiger partial charge in [0.25, 0.3) is 0 Å². The van der Waals surface area contributed by atoms with Crippen LogP contribution >= 0.6 is 0 Å². The lowest BCUT2D eigenvalue weighted by atomic mass is 9.88. The minimum absolute atomic E-state index is 0.0587. The van der Waals surface area contributed by atoms with Crippen LogP contribution in [0.4, 0.5) is 0 Å². The minimum atomic E-state index is 0.0587. The van der Waals surface area contributed by atoms with Crippen molar-refractivity contribution in [1.29, 1.82) is 0 Å². The monoisotopic (exact) mass is 213 g/mol. The summed E-state index contributed by atoms with van der Waals surface area (Å²) in [5, 5.41) is 3.00. The van der Waals surface area contributed by atoms with Crippen molar-refractivity contribution in [3.05, 3.63) is 0 Å². The molecule has 0 saturated carbocycles. The molecule has 2 fully saturated rings. The van der Waals surface area contributed by atoms with Gasteiger partial charge in [0, 0.05) is 18.6 Å². The van der Waals surface area contributed by atoms with Gasteiger partial charge in [0.05, 0.1) is 25.7 Å². The molecule has 2 aliphatic rings. The molecule has 0 aliphatic carbocycles. The largest absolute Gasteiger partial charge is 0.381 e. The number of carbonyl (C=O) groups is 1. The average Bonchev–Trinajstić information content (AvgIpc) is 2.24. The van der Waals surface area contributed by atoms with Crippen LogP contribution in [0.25, 0.3) is 0 Å². The third-order valence-corrected chi connectivity index (χ3v) is 3.12. The molecule has 4 heteroatoms. The summed E-state index contributed by atoms with van der Waals surface area (Å²) in [6.45, 7) is 5.76. The molecule has 2 saturated heterocycles. The highest BCUT2D eigenvalue weighted by Gasteiger charge is 2.34. The quantitative estimate of drug-likeness (QED) is 0.745. The smallest absolute Gasteiger partial charge is 0.225 e. The van der Waals surface area contributed by atoms with Crippen LogP contribution in [0.5, 0.6) is 0 Å². The van der Waals surface area contributed by atoms with Gasteiger partial charge in [-0.2, -0.15) is 0 Å². The maximum Gasteiger partial charge on any atom is 0.225 e. The molecule has 1 amide bonds. The van der Waals surface area contributed by atoms with Crippen molar-refractivity contribution in [2.45, 2.75) is 19.8 Å². The molecule has 2 heterocycles. The first-order valence-corrected chi connectivity index (χ1v) is 5.63. The van der Waals surface area contributed by atoms with Crippen molar-refractivity contribution in [2.75, 3.05) is 33.0 Å². The van der Waals surface area contributed by atoms with E-state index in [0.29, 0.717) is 6.61 Å². The van der Waals surface area contributed by atoms with E-state index in [1.165, 1.54) is 0 Å². The molecule has 2 rings (SSSR count). The van der Waals surface area contributed by atoms with E-state index < -0.39 is 0 Å². The van der Waals surface area contributed by atoms with E-state index in [1.807, 2.05) is 0 Å². The Morgan fingerprint density at radius 2 is 2.27 bits per heavy atom. The van der Waals surface area contributed by atoms with Gasteiger partial charge in [-0.3, -0.25) is 4.79 Å². The lowest BCUT2D eigenvalue weighted by Crippen LogP contribution is -2.50. The van der Waals surface area contributed by atoms with Crippen molar-refractivity contribution in [1.82, 2.24) is 5.32 Å². The summed E-state index contributed by atoms with van der Waals surface area (Å²) in [6.07, 6.45) is 1.96. The van der Waals surface area contributed by atoms with Gasteiger partial charge in [0.2, 0.25) is 5.91 Å². The third kappa shape index (κ3) is 2.69.